The van der Waals surface area contributed by atoms with E-state index in [9.17, 15) is 4.79 Å². The molecule has 28 heavy (non-hydrogen) atoms. The molecule has 1 amide bonds. The van der Waals surface area contributed by atoms with Crippen LogP contribution in [0.15, 0.2) is 0 Å². The summed E-state index contributed by atoms with van der Waals surface area (Å²) in [5, 5.41) is -1.18. The molecule has 0 aromatic rings. The molecule has 0 radical (unpaired) electrons. The maximum Gasteiger partial charge on any atom is 0.251 e. The molecule has 3 rings (SSSR count). The smallest absolute Gasteiger partial charge is 0.251 e. The van der Waals surface area contributed by atoms with E-state index >= 15 is 0 Å². The quantitative estimate of drug-likeness (QED) is 0.288. The summed E-state index contributed by atoms with van der Waals surface area (Å²) in [5.41, 5.74) is 2.70. The van der Waals surface area contributed by atoms with Crippen LogP contribution < -0.4 is 5.48 Å². The second kappa shape index (κ2) is 7.97. The van der Waals surface area contributed by atoms with Gasteiger partial charge >= 0.3 is 0 Å². The molecule has 0 bridgehead atoms. The van der Waals surface area contributed by atoms with Crippen LogP contribution in [0.5, 0.6) is 0 Å². The number of ether oxygens (including phenoxy) is 3. The number of carbonyl (C=O) groups excluding carboxylic acids is 1. The first kappa shape index (κ1) is 22.8. The highest BCUT2D eigenvalue weighted by molar-refractivity contribution is 7.35. The molecule has 3 heterocycles. The third-order valence-electron chi connectivity index (χ3n) is 7.28. The van der Waals surface area contributed by atoms with Crippen LogP contribution in [0.1, 0.15) is 19.3 Å². The van der Waals surface area contributed by atoms with Crippen LogP contribution in [0.4, 0.5) is 0 Å². The Labute approximate surface area is 175 Å². The van der Waals surface area contributed by atoms with Crippen LogP contribution in [0.2, 0.25) is 5.21 Å². The van der Waals surface area contributed by atoms with Crippen molar-refractivity contribution in [3.63, 3.8) is 0 Å². The number of carbonyl (C=O) groups is 1. The molecule has 150 valence electrons. The third kappa shape index (κ3) is 3.34. The fourth-order valence-corrected chi connectivity index (χ4v) is 6.88. The van der Waals surface area contributed by atoms with Gasteiger partial charge in [-0.3, -0.25) is 4.79 Å². The lowest BCUT2D eigenvalue weighted by Crippen LogP contribution is -2.83. The maximum atomic E-state index is 13.5. The zero-order chi connectivity index (χ0) is 20.8. The van der Waals surface area contributed by atoms with Crippen LogP contribution in [0.3, 0.4) is 0 Å². The first-order chi connectivity index (χ1) is 13.0. The Bertz CT molecular complexity index is 601. The molecule has 3 unspecified atom stereocenters. The highest BCUT2D eigenvalue weighted by atomic mass is 31.1. The van der Waals surface area contributed by atoms with E-state index in [2.05, 4.69) is 63.9 Å². The van der Waals surface area contributed by atoms with E-state index in [-0.39, 0.29) is 17.5 Å². The molecule has 3 saturated heterocycles. The van der Waals surface area contributed by atoms with Crippen LogP contribution in [-0.4, -0.2) is 107 Å². The lowest BCUT2D eigenvalue weighted by molar-refractivity contribution is -0.251. The monoisotopic (exact) mass is 404 g/mol. The van der Waals surface area contributed by atoms with Crippen molar-refractivity contribution in [1.29, 1.82) is 0 Å². The molecule has 0 aromatic carbocycles. The van der Waals surface area contributed by atoms with Crippen molar-refractivity contribution in [2.45, 2.75) is 47.2 Å². The molecule has 7 nitrogen and oxygen atoms in total. The Morgan fingerprint density at radius 1 is 1.07 bits per heavy atom. The van der Waals surface area contributed by atoms with E-state index < -0.39 is 22.3 Å². The van der Waals surface area contributed by atoms with E-state index in [0.717, 1.165) is 19.3 Å². The van der Waals surface area contributed by atoms with Crippen molar-refractivity contribution in [3.8, 4) is 0 Å². The van der Waals surface area contributed by atoms with Crippen molar-refractivity contribution in [3.05, 3.63) is 0 Å². The highest BCUT2D eigenvalue weighted by Gasteiger charge is 2.71. The van der Waals surface area contributed by atoms with Gasteiger partial charge in [-0.25, -0.2) is 10.3 Å². The Hall–Kier alpha value is 0.0896. The number of piperidine rings is 1. The van der Waals surface area contributed by atoms with Gasteiger partial charge in [-0.05, 0) is 24.8 Å². The number of hydrogen-bond donors (Lipinski definition) is 1. The summed E-state index contributed by atoms with van der Waals surface area (Å²) in [6.07, 6.45) is 2.47. The minimum atomic E-state index is -1.03. The number of nitrogens with zero attached hydrogens (tertiary/aromatic N) is 1. The Morgan fingerprint density at radius 2 is 1.71 bits per heavy atom. The summed E-state index contributed by atoms with van der Waals surface area (Å²) in [6.45, 7) is 3.80. The summed E-state index contributed by atoms with van der Waals surface area (Å²) in [7, 11) is 13.5. The lowest BCUT2D eigenvalue weighted by Gasteiger charge is -2.69. The number of nitrogens with one attached hydrogen (secondary N) is 1. The van der Waals surface area contributed by atoms with Gasteiger partial charge in [0.05, 0.1) is 19.1 Å². The Morgan fingerprint density at radius 3 is 2.25 bits per heavy atom. The minimum Gasteiger partial charge on any atom is -0.350 e. The summed E-state index contributed by atoms with van der Waals surface area (Å²) in [4.78, 5) is 19.2. The standard InChI is InChI=1S/C14H31B6N2O5P/c1-28-22-13(17,18)11(15,16)9(12(14(22,19)20)25-6-7-26-12)10(23)21-27-8-4-2-3-5-24-8/h8-9,28H,2-7,15-20H2,1H3,(H,21,23). The van der Waals surface area contributed by atoms with Gasteiger partial charge in [0.15, 0.2) is 12.1 Å². The predicted octanol–water partition coefficient (Wildman–Crippen LogP) is -5.32. The summed E-state index contributed by atoms with van der Waals surface area (Å²) in [6, 6.07) is 0. The first-order valence-corrected chi connectivity index (χ1v) is 11.8. The number of amides is 1. The largest absolute Gasteiger partial charge is 0.350 e. The fraction of sp³-hybridized carbons (Fsp3) is 0.929. The summed E-state index contributed by atoms with van der Waals surface area (Å²) in [5.74, 6) is -1.78. The summed E-state index contributed by atoms with van der Waals surface area (Å²) < 4.78 is 20.6. The molecular weight excluding hydrogens is 372 g/mol. The zero-order valence-electron chi connectivity index (χ0n) is 18.4. The van der Waals surface area contributed by atoms with Crippen molar-refractivity contribution in [2.75, 3.05) is 26.5 Å². The average molecular weight is 403 g/mol. The number of hydroxylamine groups is 1. The minimum absolute atomic E-state index is 0.207. The SMILES string of the molecule is BC1(B)C(C(=O)NOC2CCCCO2)C2(OCCO2)C(B)(B)N(PC)C1(B)B. The van der Waals surface area contributed by atoms with Gasteiger partial charge in [0, 0.05) is 18.4 Å². The van der Waals surface area contributed by atoms with Gasteiger partial charge in [-0.2, -0.15) is 0 Å². The van der Waals surface area contributed by atoms with E-state index in [4.69, 9.17) is 19.0 Å². The number of rotatable bonds is 4. The van der Waals surface area contributed by atoms with Gasteiger partial charge in [0.2, 0.25) is 0 Å². The van der Waals surface area contributed by atoms with Crippen LogP contribution >= 0.6 is 8.73 Å². The van der Waals surface area contributed by atoms with Crippen LogP contribution in [0, 0.1) is 5.92 Å². The fourth-order valence-electron chi connectivity index (χ4n) is 5.32. The molecule has 3 fully saturated rings. The molecule has 0 aromatic heterocycles. The van der Waals surface area contributed by atoms with Gasteiger partial charge in [-0.15, -0.1) is 0 Å². The molecule has 1 N–H and O–H groups in total. The molecule has 0 saturated carbocycles. The maximum absolute atomic E-state index is 13.5. The molecule has 0 aliphatic carbocycles. The topological polar surface area (TPSA) is 69.3 Å². The second-order valence-corrected chi connectivity index (χ2v) is 10.5. The van der Waals surface area contributed by atoms with Gasteiger partial charge in [0.1, 0.15) is 47.1 Å². The van der Waals surface area contributed by atoms with Gasteiger partial charge < -0.3 is 18.9 Å². The van der Waals surface area contributed by atoms with E-state index in [0.29, 0.717) is 28.6 Å². The van der Waals surface area contributed by atoms with Crippen LogP contribution in [-0.2, 0) is 23.8 Å². The van der Waals surface area contributed by atoms with Crippen molar-refractivity contribution in [2.24, 2.45) is 5.92 Å². The van der Waals surface area contributed by atoms with Crippen molar-refractivity contribution >= 4 is 61.7 Å². The predicted molar refractivity (Wildman–Crippen MR) is 126 cm³/mol. The lowest BCUT2D eigenvalue weighted by atomic mass is 9.25. The highest BCUT2D eigenvalue weighted by Crippen LogP contribution is 2.60. The van der Waals surface area contributed by atoms with Gasteiger partial charge in [-0.1, -0.05) is 13.9 Å². The number of hydrogen-bond acceptors (Lipinski definition) is 6. The Kier molecular flexibility index (Phi) is 6.48. The molecular formula is C14H31B6N2O5P. The van der Waals surface area contributed by atoms with Crippen LogP contribution in [0.25, 0.3) is 0 Å². The molecule has 14 heteroatoms. The van der Waals surface area contributed by atoms with Crippen molar-refractivity contribution in [1.82, 2.24) is 10.2 Å². The normalized spacial score (nSPS) is 33.9. The van der Waals surface area contributed by atoms with E-state index in [1.54, 1.807) is 0 Å². The Balaban J connectivity index is 1.94. The zero-order valence-corrected chi connectivity index (χ0v) is 19.4. The summed E-state index contributed by atoms with van der Waals surface area (Å²) >= 11 is 0. The van der Waals surface area contributed by atoms with Crippen molar-refractivity contribution < 1.29 is 23.8 Å². The third-order valence-corrected chi connectivity index (χ3v) is 8.85. The molecule has 1 spiro atoms. The first-order valence-electron chi connectivity index (χ1n) is 10.3. The molecule has 3 aliphatic rings. The van der Waals surface area contributed by atoms with Gasteiger partial charge in [0.25, 0.3) is 5.91 Å². The molecule has 3 aliphatic heterocycles. The second-order valence-electron chi connectivity index (χ2n) is 9.58. The van der Waals surface area contributed by atoms with E-state index in [1.807, 2.05) is 0 Å². The average Bonchev–Trinajstić information content (AvgIpc) is 3.11. The molecule has 3 atom stereocenters. The van der Waals surface area contributed by atoms with E-state index in [1.165, 1.54) is 0 Å².